The van der Waals surface area contributed by atoms with Gasteiger partial charge in [0.25, 0.3) is 5.91 Å². The standard InChI is InChI=1S/C16H18N2O3/c1-17-13-9-7-12(8-10-13)16(20)21-11-15(19)18-14-5-3-2-4-6-14/h7-10,14H,2-6,11H2,(H,18,19). The van der Waals surface area contributed by atoms with Crippen LogP contribution in [-0.4, -0.2) is 24.5 Å². The summed E-state index contributed by atoms with van der Waals surface area (Å²) >= 11 is 0. The van der Waals surface area contributed by atoms with E-state index < -0.39 is 5.97 Å². The molecule has 5 nitrogen and oxygen atoms in total. The minimum absolute atomic E-state index is 0.211. The molecule has 0 radical (unpaired) electrons. The molecule has 110 valence electrons. The van der Waals surface area contributed by atoms with Gasteiger partial charge in [-0.25, -0.2) is 9.64 Å². The van der Waals surface area contributed by atoms with Crippen LogP contribution >= 0.6 is 0 Å². The number of hydrogen-bond acceptors (Lipinski definition) is 3. The third-order valence-corrected chi connectivity index (χ3v) is 3.54. The number of rotatable bonds is 4. The summed E-state index contributed by atoms with van der Waals surface area (Å²) < 4.78 is 4.98. The highest BCUT2D eigenvalue weighted by Gasteiger charge is 2.16. The first-order valence-corrected chi connectivity index (χ1v) is 7.13. The van der Waals surface area contributed by atoms with Crippen LogP contribution in [0.25, 0.3) is 4.85 Å². The molecule has 0 bridgehead atoms. The first-order chi connectivity index (χ1) is 10.2. The molecule has 0 saturated heterocycles. The molecule has 2 rings (SSSR count). The topological polar surface area (TPSA) is 59.8 Å². The highest BCUT2D eigenvalue weighted by atomic mass is 16.5. The minimum atomic E-state index is -0.551. The van der Waals surface area contributed by atoms with Crippen molar-refractivity contribution in [2.24, 2.45) is 0 Å². The Morgan fingerprint density at radius 3 is 2.48 bits per heavy atom. The average molecular weight is 286 g/mol. The first-order valence-electron chi connectivity index (χ1n) is 7.13. The molecule has 1 saturated carbocycles. The normalized spacial score (nSPS) is 15.0. The Balaban J connectivity index is 1.77. The van der Waals surface area contributed by atoms with E-state index in [2.05, 4.69) is 10.2 Å². The van der Waals surface area contributed by atoms with E-state index in [1.54, 1.807) is 12.1 Å². The van der Waals surface area contributed by atoms with Gasteiger partial charge >= 0.3 is 5.97 Å². The lowest BCUT2D eigenvalue weighted by molar-refractivity contribution is -0.125. The number of hydrogen-bond donors (Lipinski definition) is 1. The zero-order valence-electron chi connectivity index (χ0n) is 11.8. The lowest BCUT2D eigenvalue weighted by atomic mass is 9.95. The second-order valence-electron chi connectivity index (χ2n) is 5.14. The smallest absolute Gasteiger partial charge is 0.338 e. The van der Waals surface area contributed by atoms with E-state index in [-0.39, 0.29) is 18.6 Å². The van der Waals surface area contributed by atoms with Gasteiger partial charge in [-0.15, -0.1) is 0 Å². The number of ether oxygens (including phenoxy) is 1. The highest BCUT2D eigenvalue weighted by molar-refractivity contribution is 5.91. The Kier molecular flexibility index (Phi) is 5.33. The molecule has 1 aliphatic carbocycles. The van der Waals surface area contributed by atoms with Crippen LogP contribution in [0.2, 0.25) is 0 Å². The lowest BCUT2D eigenvalue weighted by Crippen LogP contribution is -2.38. The second-order valence-corrected chi connectivity index (χ2v) is 5.14. The molecular formula is C16H18N2O3. The maximum atomic E-state index is 11.8. The predicted octanol–water partition coefficient (Wildman–Crippen LogP) is 2.84. The first kappa shape index (κ1) is 15.0. The fourth-order valence-corrected chi connectivity index (χ4v) is 2.40. The number of nitrogens with zero attached hydrogens (tertiary/aromatic N) is 1. The van der Waals surface area contributed by atoms with Crippen LogP contribution in [0, 0.1) is 6.57 Å². The van der Waals surface area contributed by atoms with E-state index in [1.165, 1.54) is 18.6 Å². The quantitative estimate of drug-likeness (QED) is 0.684. The van der Waals surface area contributed by atoms with Gasteiger partial charge in [-0.3, -0.25) is 4.79 Å². The largest absolute Gasteiger partial charge is 0.452 e. The zero-order valence-corrected chi connectivity index (χ0v) is 11.8. The molecule has 1 aromatic carbocycles. The molecule has 0 spiro atoms. The molecular weight excluding hydrogens is 268 g/mol. The van der Waals surface area contributed by atoms with Crippen molar-refractivity contribution in [2.75, 3.05) is 6.61 Å². The summed E-state index contributed by atoms with van der Waals surface area (Å²) in [4.78, 5) is 26.7. The third-order valence-electron chi connectivity index (χ3n) is 3.54. The van der Waals surface area contributed by atoms with E-state index in [4.69, 9.17) is 11.3 Å². The van der Waals surface area contributed by atoms with Gasteiger partial charge in [0.05, 0.1) is 12.1 Å². The summed E-state index contributed by atoms with van der Waals surface area (Å²) in [5.41, 5.74) is 0.800. The van der Waals surface area contributed by atoms with Gasteiger partial charge in [-0.2, -0.15) is 0 Å². The van der Waals surface area contributed by atoms with Crippen LogP contribution in [0.3, 0.4) is 0 Å². The van der Waals surface area contributed by atoms with Gasteiger partial charge < -0.3 is 10.1 Å². The summed E-state index contributed by atoms with van der Waals surface area (Å²) in [7, 11) is 0. The van der Waals surface area contributed by atoms with Crippen molar-refractivity contribution in [1.29, 1.82) is 0 Å². The summed E-state index contributed by atoms with van der Waals surface area (Å²) in [5, 5.41) is 2.89. The Bertz CT molecular complexity index is 540. The maximum absolute atomic E-state index is 11.8. The summed E-state index contributed by atoms with van der Waals surface area (Å²) in [6, 6.07) is 6.35. The summed E-state index contributed by atoms with van der Waals surface area (Å²) in [6.45, 7) is 6.57. The minimum Gasteiger partial charge on any atom is -0.452 e. The van der Waals surface area contributed by atoms with Gasteiger partial charge in [0, 0.05) is 6.04 Å². The van der Waals surface area contributed by atoms with Crippen LogP contribution in [-0.2, 0) is 9.53 Å². The highest BCUT2D eigenvalue weighted by Crippen LogP contribution is 2.17. The van der Waals surface area contributed by atoms with Crippen LogP contribution in [0.1, 0.15) is 42.5 Å². The van der Waals surface area contributed by atoms with Crippen molar-refractivity contribution in [3.63, 3.8) is 0 Å². The summed E-state index contributed by atoms with van der Waals surface area (Å²) in [6.07, 6.45) is 5.49. The molecule has 1 aromatic rings. The monoisotopic (exact) mass is 286 g/mol. The summed E-state index contributed by atoms with van der Waals surface area (Å²) in [5.74, 6) is -0.807. The van der Waals surface area contributed by atoms with E-state index in [0.29, 0.717) is 11.3 Å². The fraction of sp³-hybridized carbons (Fsp3) is 0.438. The van der Waals surface area contributed by atoms with E-state index in [1.807, 2.05) is 0 Å². The molecule has 0 heterocycles. The predicted molar refractivity (Wildman–Crippen MR) is 78.0 cm³/mol. The van der Waals surface area contributed by atoms with Crippen molar-refractivity contribution in [3.8, 4) is 0 Å². The van der Waals surface area contributed by atoms with Crippen molar-refractivity contribution in [1.82, 2.24) is 5.32 Å². The van der Waals surface area contributed by atoms with Crippen molar-refractivity contribution in [2.45, 2.75) is 38.1 Å². The molecule has 1 N–H and O–H groups in total. The Morgan fingerprint density at radius 2 is 1.86 bits per heavy atom. The Labute approximate surface area is 124 Å². The van der Waals surface area contributed by atoms with Gasteiger partial charge in [-0.1, -0.05) is 43.5 Å². The number of esters is 1. The molecule has 1 fully saturated rings. The SMILES string of the molecule is [C-]#[N+]c1ccc(C(=O)OCC(=O)NC2CCCCC2)cc1. The van der Waals surface area contributed by atoms with Gasteiger partial charge in [0.2, 0.25) is 0 Å². The van der Waals surface area contributed by atoms with Crippen LogP contribution < -0.4 is 5.32 Å². The van der Waals surface area contributed by atoms with Crippen molar-refractivity contribution < 1.29 is 14.3 Å². The van der Waals surface area contributed by atoms with E-state index in [9.17, 15) is 9.59 Å². The second kappa shape index (κ2) is 7.44. The number of amides is 1. The molecule has 21 heavy (non-hydrogen) atoms. The van der Waals surface area contributed by atoms with Crippen LogP contribution in [0.5, 0.6) is 0 Å². The van der Waals surface area contributed by atoms with Gasteiger partial charge in [0.15, 0.2) is 12.3 Å². The molecule has 0 aromatic heterocycles. The molecule has 0 atom stereocenters. The fourth-order valence-electron chi connectivity index (χ4n) is 2.40. The van der Waals surface area contributed by atoms with Crippen LogP contribution in [0.4, 0.5) is 5.69 Å². The third kappa shape index (κ3) is 4.60. The number of nitrogens with one attached hydrogen (secondary N) is 1. The van der Waals surface area contributed by atoms with E-state index in [0.717, 1.165) is 25.7 Å². The van der Waals surface area contributed by atoms with Gasteiger partial charge in [-0.05, 0) is 12.8 Å². The van der Waals surface area contributed by atoms with Crippen LogP contribution in [0.15, 0.2) is 24.3 Å². The van der Waals surface area contributed by atoms with Crippen molar-refractivity contribution >= 4 is 17.6 Å². The number of carbonyl (C=O) groups excluding carboxylic acids is 2. The molecule has 1 aliphatic rings. The average Bonchev–Trinajstić information content (AvgIpc) is 2.53. The van der Waals surface area contributed by atoms with E-state index >= 15 is 0 Å². The van der Waals surface area contributed by atoms with Crippen molar-refractivity contribution in [3.05, 3.63) is 41.2 Å². The lowest BCUT2D eigenvalue weighted by Gasteiger charge is -2.22. The number of benzene rings is 1. The zero-order chi connectivity index (χ0) is 15.1. The molecule has 0 unspecified atom stereocenters. The number of carbonyl (C=O) groups is 2. The molecule has 0 aliphatic heterocycles. The Hall–Kier alpha value is -2.35. The maximum Gasteiger partial charge on any atom is 0.338 e. The Morgan fingerprint density at radius 1 is 1.19 bits per heavy atom. The van der Waals surface area contributed by atoms with Gasteiger partial charge in [0.1, 0.15) is 0 Å². The molecule has 1 amide bonds. The molecule has 5 heteroatoms.